The molecule has 0 radical (unpaired) electrons. The third kappa shape index (κ3) is 3.43. The Morgan fingerprint density at radius 3 is 2.50 bits per heavy atom. The van der Waals surface area contributed by atoms with E-state index in [2.05, 4.69) is 5.32 Å². The fourth-order valence-electron chi connectivity index (χ4n) is 1.56. The molecule has 3 nitrogen and oxygen atoms in total. The van der Waals surface area contributed by atoms with Crippen LogP contribution in [0.25, 0.3) is 0 Å². The minimum absolute atomic E-state index is 0.157. The van der Waals surface area contributed by atoms with Crippen LogP contribution in [0.1, 0.15) is 23.6 Å². The first-order valence-electron chi connectivity index (χ1n) is 5.08. The molecule has 0 aromatic heterocycles. The molecule has 0 aliphatic carbocycles. The number of primary amides is 1. The first kappa shape index (κ1) is 14.4. The molecule has 1 atom stereocenters. The summed E-state index contributed by atoms with van der Waals surface area (Å²) in [5.74, 6) is -2.01. The van der Waals surface area contributed by atoms with E-state index in [-0.39, 0.29) is 12.0 Å². The van der Waals surface area contributed by atoms with Gasteiger partial charge in [0.15, 0.2) is 0 Å². The number of amides is 1. The van der Waals surface area contributed by atoms with Crippen LogP contribution in [0.5, 0.6) is 0 Å². The SMILES string of the molecule is CNC(CC(N)=O)c1ccc(F)c(C(F)(F)F)c1. The second-order valence-electron chi connectivity index (χ2n) is 3.75. The Bertz CT molecular complexity index is 445. The number of alkyl halides is 3. The van der Waals surface area contributed by atoms with Gasteiger partial charge in [0.25, 0.3) is 0 Å². The molecule has 0 bridgehead atoms. The Morgan fingerprint density at radius 2 is 2.06 bits per heavy atom. The lowest BCUT2D eigenvalue weighted by Crippen LogP contribution is -2.24. The van der Waals surface area contributed by atoms with Crippen LogP contribution >= 0.6 is 0 Å². The van der Waals surface area contributed by atoms with Crippen molar-refractivity contribution in [3.63, 3.8) is 0 Å². The summed E-state index contributed by atoms with van der Waals surface area (Å²) in [4.78, 5) is 10.8. The molecule has 1 amide bonds. The fourth-order valence-corrected chi connectivity index (χ4v) is 1.56. The number of carbonyl (C=O) groups excluding carboxylic acids is 1. The van der Waals surface area contributed by atoms with E-state index in [9.17, 15) is 22.4 Å². The summed E-state index contributed by atoms with van der Waals surface area (Å²) in [5.41, 5.74) is 3.79. The summed E-state index contributed by atoms with van der Waals surface area (Å²) in [6.45, 7) is 0. The topological polar surface area (TPSA) is 55.1 Å². The second kappa shape index (κ2) is 5.34. The molecule has 7 heteroatoms. The van der Waals surface area contributed by atoms with Gasteiger partial charge in [0.2, 0.25) is 5.91 Å². The Morgan fingerprint density at radius 1 is 1.44 bits per heavy atom. The zero-order valence-electron chi connectivity index (χ0n) is 9.51. The van der Waals surface area contributed by atoms with Crippen LogP contribution in [0.15, 0.2) is 18.2 Å². The predicted octanol–water partition coefficient (Wildman–Crippen LogP) is 1.98. The molecule has 18 heavy (non-hydrogen) atoms. The Labute approximate surface area is 101 Å². The van der Waals surface area contributed by atoms with Crippen molar-refractivity contribution in [2.24, 2.45) is 5.73 Å². The largest absolute Gasteiger partial charge is 0.419 e. The summed E-state index contributed by atoms with van der Waals surface area (Å²) < 4.78 is 50.6. The molecule has 0 heterocycles. The number of rotatable bonds is 4. The molecule has 0 aliphatic rings. The third-order valence-electron chi connectivity index (χ3n) is 2.45. The summed E-state index contributed by atoms with van der Waals surface area (Å²) in [5, 5.41) is 2.66. The maximum absolute atomic E-state index is 13.1. The quantitative estimate of drug-likeness (QED) is 0.817. The molecule has 0 saturated carbocycles. The lowest BCUT2D eigenvalue weighted by Gasteiger charge is -2.17. The monoisotopic (exact) mass is 264 g/mol. The van der Waals surface area contributed by atoms with E-state index in [4.69, 9.17) is 5.73 Å². The summed E-state index contributed by atoms with van der Waals surface area (Å²) in [6.07, 6.45) is -4.94. The molecular formula is C11H12F4N2O. The highest BCUT2D eigenvalue weighted by Crippen LogP contribution is 2.33. The van der Waals surface area contributed by atoms with E-state index < -0.39 is 29.5 Å². The Balaban J connectivity index is 3.14. The Hall–Kier alpha value is -1.63. The van der Waals surface area contributed by atoms with Gasteiger partial charge in [-0.3, -0.25) is 4.79 Å². The van der Waals surface area contributed by atoms with Gasteiger partial charge in [-0.25, -0.2) is 4.39 Å². The van der Waals surface area contributed by atoms with E-state index in [0.717, 1.165) is 6.07 Å². The zero-order chi connectivity index (χ0) is 13.9. The molecule has 3 N–H and O–H groups in total. The lowest BCUT2D eigenvalue weighted by atomic mass is 10.0. The average molecular weight is 264 g/mol. The van der Waals surface area contributed by atoms with Crippen molar-refractivity contribution in [3.05, 3.63) is 35.1 Å². The van der Waals surface area contributed by atoms with Crippen molar-refractivity contribution in [3.8, 4) is 0 Å². The molecule has 0 spiro atoms. The average Bonchev–Trinajstić information content (AvgIpc) is 2.25. The van der Waals surface area contributed by atoms with Crippen LogP contribution in [-0.2, 0) is 11.0 Å². The van der Waals surface area contributed by atoms with Gasteiger partial charge in [0.1, 0.15) is 5.82 Å². The molecule has 0 fully saturated rings. The van der Waals surface area contributed by atoms with Crippen molar-refractivity contribution in [1.29, 1.82) is 0 Å². The van der Waals surface area contributed by atoms with Gasteiger partial charge >= 0.3 is 6.18 Å². The van der Waals surface area contributed by atoms with Gasteiger partial charge in [0, 0.05) is 12.5 Å². The number of hydrogen-bond acceptors (Lipinski definition) is 2. The van der Waals surface area contributed by atoms with E-state index in [1.807, 2.05) is 0 Å². The molecule has 1 aromatic rings. The molecular weight excluding hydrogens is 252 g/mol. The van der Waals surface area contributed by atoms with Crippen molar-refractivity contribution in [2.75, 3.05) is 7.05 Å². The zero-order valence-corrected chi connectivity index (χ0v) is 9.51. The summed E-state index contributed by atoms with van der Waals surface area (Å²) >= 11 is 0. The van der Waals surface area contributed by atoms with Crippen molar-refractivity contribution >= 4 is 5.91 Å². The van der Waals surface area contributed by atoms with Crippen LogP contribution in [0.4, 0.5) is 17.6 Å². The van der Waals surface area contributed by atoms with Gasteiger partial charge < -0.3 is 11.1 Å². The molecule has 0 saturated heterocycles. The number of hydrogen-bond donors (Lipinski definition) is 2. The number of nitrogens with one attached hydrogen (secondary N) is 1. The fraction of sp³-hybridized carbons (Fsp3) is 0.364. The molecule has 0 aliphatic heterocycles. The maximum Gasteiger partial charge on any atom is 0.419 e. The van der Waals surface area contributed by atoms with E-state index >= 15 is 0 Å². The van der Waals surface area contributed by atoms with Gasteiger partial charge in [-0.2, -0.15) is 13.2 Å². The highest BCUT2D eigenvalue weighted by Gasteiger charge is 2.34. The van der Waals surface area contributed by atoms with Crippen LogP contribution in [0, 0.1) is 5.82 Å². The molecule has 1 aromatic carbocycles. The van der Waals surface area contributed by atoms with Crippen LogP contribution < -0.4 is 11.1 Å². The van der Waals surface area contributed by atoms with E-state index in [0.29, 0.717) is 6.07 Å². The predicted molar refractivity (Wildman–Crippen MR) is 57.0 cm³/mol. The van der Waals surface area contributed by atoms with Gasteiger partial charge in [-0.15, -0.1) is 0 Å². The normalized spacial score (nSPS) is 13.4. The number of halogens is 4. The first-order chi connectivity index (χ1) is 8.25. The molecule has 1 rings (SSSR count). The third-order valence-corrected chi connectivity index (χ3v) is 2.45. The van der Waals surface area contributed by atoms with Gasteiger partial charge in [-0.1, -0.05) is 6.07 Å². The van der Waals surface area contributed by atoms with Crippen molar-refractivity contribution in [1.82, 2.24) is 5.32 Å². The van der Waals surface area contributed by atoms with Gasteiger partial charge in [0.05, 0.1) is 5.56 Å². The van der Waals surface area contributed by atoms with Crippen LogP contribution in [0.2, 0.25) is 0 Å². The lowest BCUT2D eigenvalue weighted by molar-refractivity contribution is -0.140. The van der Waals surface area contributed by atoms with E-state index in [1.54, 1.807) is 0 Å². The Kier molecular flexibility index (Phi) is 4.28. The standard InChI is InChI=1S/C11H12F4N2O/c1-17-9(5-10(16)18)6-2-3-8(12)7(4-6)11(13,14)15/h2-4,9,17H,5H2,1H3,(H2,16,18). The minimum Gasteiger partial charge on any atom is -0.370 e. The minimum atomic E-state index is -4.77. The van der Waals surface area contributed by atoms with Crippen molar-refractivity contribution < 1.29 is 22.4 Å². The van der Waals surface area contributed by atoms with Crippen LogP contribution in [0.3, 0.4) is 0 Å². The number of nitrogens with two attached hydrogens (primary N) is 1. The highest BCUT2D eigenvalue weighted by molar-refractivity contribution is 5.74. The van der Waals surface area contributed by atoms with Crippen molar-refractivity contribution in [2.45, 2.75) is 18.6 Å². The number of benzene rings is 1. The molecule has 1 unspecified atom stereocenters. The number of carbonyl (C=O) groups is 1. The van der Waals surface area contributed by atoms with Crippen LogP contribution in [-0.4, -0.2) is 13.0 Å². The van der Waals surface area contributed by atoms with E-state index in [1.165, 1.54) is 13.1 Å². The highest BCUT2D eigenvalue weighted by atomic mass is 19.4. The maximum atomic E-state index is 13.1. The summed E-state index contributed by atoms with van der Waals surface area (Å²) in [6, 6.07) is 1.92. The smallest absolute Gasteiger partial charge is 0.370 e. The molecule has 100 valence electrons. The van der Waals surface area contributed by atoms with Gasteiger partial charge in [-0.05, 0) is 24.7 Å². The first-order valence-corrected chi connectivity index (χ1v) is 5.08. The second-order valence-corrected chi connectivity index (χ2v) is 3.75. The summed E-state index contributed by atoms with van der Waals surface area (Å²) in [7, 11) is 1.48.